The number of ether oxygens (including phenoxy) is 2. The number of benzene rings is 2. The van der Waals surface area contributed by atoms with Gasteiger partial charge in [-0.3, -0.25) is 14.6 Å². The van der Waals surface area contributed by atoms with Gasteiger partial charge in [-0.2, -0.15) is 0 Å². The minimum absolute atomic E-state index is 0.209. The van der Waals surface area contributed by atoms with E-state index in [2.05, 4.69) is 24.4 Å². The Morgan fingerprint density at radius 3 is 2.76 bits per heavy atom. The summed E-state index contributed by atoms with van der Waals surface area (Å²) in [5, 5.41) is 3.73. The number of hydrogen-bond donors (Lipinski definition) is 1. The van der Waals surface area contributed by atoms with Crippen LogP contribution in [0.1, 0.15) is 59.8 Å². The molecule has 0 saturated carbocycles. The minimum Gasteiger partial charge on any atom is -0.493 e. The molecule has 8 heteroatoms. The van der Waals surface area contributed by atoms with Gasteiger partial charge in [0.1, 0.15) is 18.1 Å². The monoisotopic (exact) mass is 517 g/mol. The molecule has 8 nitrogen and oxygen atoms in total. The molecule has 1 unspecified atom stereocenters. The van der Waals surface area contributed by atoms with Crippen LogP contribution in [-0.4, -0.2) is 54.3 Å². The summed E-state index contributed by atoms with van der Waals surface area (Å²) in [5.74, 6) is 0.162. The molecule has 1 N–H and O–H groups in total. The first-order valence-corrected chi connectivity index (χ1v) is 13.2. The van der Waals surface area contributed by atoms with Gasteiger partial charge in [-0.1, -0.05) is 31.2 Å². The van der Waals surface area contributed by atoms with Crippen LogP contribution in [-0.2, 0) is 33.9 Å². The number of nitrogens with one attached hydrogen (secondary N) is 1. The van der Waals surface area contributed by atoms with Gasteiger partial charge in [-0.25, -0.2) is 0 Å². The number of likely N-dealkylation sites (N-methyl/N-ethyl adjacent to an activating group) is 1. The highest BCUT2D eigenvalue weighted by Gasteiger charge is 2.37. The van der Waals surface area contributed by atoms with Crippen LogP contribution in [0, 0.1) is 0 Å². The second-order valence-corrected chi connectivity index (χ2v) is 9.34. The smallest absolute Gasteiger partial charge is 0.255 e. The van der Waals surface area contributed by atoms with Crippen LogP contribution >= 0.6 is 0 Å². The fraction of sp³-hybridized carbons (Fsp3) is 0.400. The third-order valence-electron chi connectivity index (χ3n) is 6.85. The van der Waals surface area contributed by atoms with Crippen LogP contribution in [0.3, 0.4) is 0 Å². The zero-order chi connectivity index (χ0) is 26.9. The number of aryl methyl sites for hydroxylation is 1. The maximum atomic E-state index is 13.0. The quantitative estimate of drug-likeness (QED) is 0.254. The number of para-hydroxylation sites is 1. The lowest BCUT2D eigenvalue weighted by Gasteiger charge is -2.25. The van der Waals surface area contributed by atoms with E-state index in [1.807, 2.05) is 24.3 Å². The molecule has 200 valence electrons. The van der Waals surface area contributed by atoms with E-state index >= 15 is 0 Å². The Kier molecular flexibility index (Phi) is 9.43. The highest BCUT2D eigenvalue weighted by molar-refractivity contribution is 6.01. The number of pyridine rings is 1. The van der Waals surface area contributed by atoms with Crippen molar-refractivity contribution >= 4 is 29.0 Å². The Hall–Kier alpha value is -3.78. The number of carbonyl (C=O) groups is 3. The van der Waals surface area contributed by atoms with Gasteiger partial charge in [0.25, 0.3) is 5.91 Å². The van der Waals surface area contributed by atoms with Crippen molar-refractivity contribution in [3.05, 3.63) is 70.9 Å². The van der Waals surface area contributed by atoms with E-state index in [0.29, 0.717) is 31.1 Å². The molecule has 1 aliphatic heterocycles. The molecule has 1 aromatic heterocycles. The van der Waals surface area contributed by atoms with Crippen LogP contribution in [0.4, 0.5) is 0 Å². The van der Waals surface area contributed by atoms with Crippen LogP contribution in [0.5, 0.6) is 5.75 Å². The molecule has 0 aliphatic carbocycles. The van der Waals surface area contributed by atoms with Crippen molar-refractivity contribution in [3.8, 4) is 5.75 Å². The summed E-state index contributed by atoms with van der Waals surface area (Å²) in [6.45, 7) is 4.04. The zero-order valence-corrected chi connectivity index (χ0v) is 22.1. The largest absolute Gasteiger partial charge is 0.493 e. The first-order valence-electron chi connectivity index (χ1n) is 13.2. The molecule has 38 heavy (non-hydrogen) atoms. The predicted molar refractivity (Wildman–Crippen MR) is 145 cm³/mol. The summed E-state index contributed by atoms with van der Waals surface area (Å²) in [6.07, 6.45) is 3.79. The summed E-state index contributed by atoms with van der Waals surface area (Å²) in [6, 6.07) is 15.0. The molecule has 0 bridgehead atoms. The number of rotatable bonds is 14. The van der Waals surface area contributed by atoms with Crippen molar-refractivity contribution in [1.29, 1.82) is 0 Å². The normalized spacial score (nSPS) is 13.4. The van der Waals surface area contributed by atoms with Crippen LogP contribution in [0.2, 0.25) is 0 Å². The summed E-state index contributed by atoms with van der Waals surface area (Å²) in [7, 11) is 1.53. The maximum absolute atomic E-state index is 13.0. The van der Waals surface area contributed by atoms with Gasteiger partial charge in [-0.05, 0) is 55.5 Å². The number of nitrogens with zero attached hydrogens (tertiary/aromatic N) is 2. The van der Waals surface area contributed by atoms with E-state index < -0.39 is 6.04 Å². The Morgan fingerprint density at radius 1 is 1.16 bits per heavy atom. The lowest BCUT2D eigenvalue weighted by molar-refractivity contribution is -0.125. The lowest BCUT2D eigenvalue weighted by atomic mass is 10.1. The van der Waals surface area contributed by atoms with Crippen LogP contribution in [0.25, 0.3) is 10.9 Å². The molecule has 1 aliphatic rings. The number of aldehydes is 1. The fourth-order valence-electron chi connectivity index (χ4n) is 4.81. The van der Waals surface area contributed by atoms with Gasteiger partial charge in [-0.15, -0.1) is 0 Å². The number of amides is 2. The van der Waals surface area contributed by atoms with Crippen molar-refractivity contribution in [1.82, 2.24) is 15.2 Å². The van der Waals surface area contributed by atoms with Gasteiger partial charge in [0.05, 0.1) is 25.3 Å². The van der Waals surface area contributed by atoms with Gasteiger partial charge >= 0.3 is 0 Å². The summed E-state index contributed by atoms with van der Waals surface area (Å²) < 4.78 is 12.0. The molecule has 1 atom stereocenters. The third-order valence-corrected chi connectivity index (χ3v) is 6.85. The number of fused-ring (bicyclic) bond motifs is 2. The highest BCUT2D eigenvalue weighted by Crippen LogP contribution is 2.33. The van der Waals surface area contributed by atoms with Gasteiger partial charge in [0.2, 0.25) is 5.91 Å². The average Bonchev–Trinajstić information content (AvgIpc) is 3.28. The van der Waals surface area contributed by atoms with Crippen LogP contribution in [0.15, 0.2) is 48.5 Å². The first kappa shape index (κ1) is 27.3. The minimum atomic E-state index is -0.693. The van der Waals surface area contributed by atoms with Gasteiger partial charge < -0.3 is 24.5 Å². The van der Waals surface area contributed by atoms with E-state index in [1.165, 1.54) is 11.9 Å². The van der Waals surface area contributed by atoms with Crippen molar-refractivity contribution < 1.29 is 23.9 Å². The van der Waals surface area contributed by atoms with E-state index in [-0.39, 0.29) is 31.2 Å². The molecule has 2 amide bonds. The molecule has 0 saturated heterocycles. The second-order valence-electron chi connectivity index (χ2n) is 9.34. The summed E-state index contributed by atoms with van der Waals surface area (Å²) >= 11 is 0. The number of aromatic nitrogens is 1. The van der Waals surface area contributed by atoms with Gasteiger partial charge in [0.15, 0.2) is 0 Å². The standard InChI is InChI=1S/C30H35N3O5/c1-3-22-18-21(23-10-4-5-12-26(23)32-22)20-37-16-6-7-17-38-28-14-8-11-24-25(28)19-33(30(24)36)27(13-9-15-34)29(35)31-2/h4-5,8,10-12,14-15,18,27H,3,6-7,9,13,16-17,19-20H2,1-2H3,(H,31,35). The van der Waals surface area contributed by atoms with E-state index in [4.69, 9.17) is 14.5 Å². The molecular weight excluding hydrogens is 482 g/mol. The van der Waals surface area contributed by atoms with E-state index in [0.717, 1.165) is 53.3 Å². The van der Waals surface area contributed by atoms with Gasteiger partial charge in [0, 0.05) is 42.3 Å². The second kappa shape index (κ2) is 13.1. The molecule has 0 radical (unpaired) electrons. The predicted octanol–water partition coefficient (Wildman–Crippen LogP) is 4.22. The Morgan fingerprint density at radius 2 is 1.97 bits per heavy atom. The highest BCUT2D eigenvalue weighted by atomic mass is 16.5. The van der Waals surface area contributed by atoms with Crippen molar-refractivity contribution in [3.63, 3.8) is 0 Å². The fourth-order valence-corrected chi connectivity index (χ4v) is 4.81. The Balaban J connectivity index is 1.28. The molecule has 2 aromatic carbocycles. The third kappa shape index (κ3) is 6.19. The number of carbonyl (C=O) groups excluding carboxylic acids is 3. The van der Waals surface area contributed by atoms with Crippen molar-refractivity contribution in [2.75, 3.05) is 20.3 Å². The number of unbranched alkanes of at least 4 members (excludes halogenated alkanes) is 1. The SMILES string of the molecule is CCc1cc(COCCCCOc2cccc3c2CN(C(CCC=O)C(=O)NC)C3=O)c2ccccc2n1. The molecule has 0 fully saturated rings. The summed E-state index contributed by atoms with van der Waals surface area (Å²) in [4.78, 5) is 42.6. The Labute approximate surface area is 223 Å². The topological polar surface area (TPSA) is 97.8 Å². The maximum Gasteiger partial charge on any atom is 0.255 e. The first-order chi connectivity index (χ1) is 18.6. The number of hydrogen-bond acceptors (Lipinski definition) is 6. The molecule has 3 aromatic rings. The van der Waals surface area contributed by atoms with E-state index in [1.54, 1.807) is 12.1 Å². The molecular formula is C30H35N3O5. The van der Waals surface area contributed by atoms with Crippen LogP contribution < -0.4 is 10.1 Å². The summed E-state index contributed by atoms with van der Waals surface area (Å²) in [5.41, 5.74) is 4.54. The average molecular weight is 518 g/mol. The Bertz CT molecular complexity index is 1290. The van der Waals surface area contributed by atoms with Crippen molar-refractivity contribution in [2.24, 2.45) is 0 Å². The zero-order valence-electron chi connectivity index (χ0n) is 22.1. The molecule has 0 spiro atoms. The van der Waals surface area contributed by atoms with Crippen molar-refractivity contribution in [2.45, 2.75) is 58.2 Å². The van der Waals surface area contributed by atoms with E-state index in [9.17, 15) is 14.4 Å². The molecule has 4 rings (SSSR count). The lowest BCUT2D eigenvalue weighted by Crippen LogP contribution is -2.46. The molecule has 2 heterocycles.